The lowest BCUT2D eigenvalue weighted by Crippen LogP contribution is -2.45. The Kier molecular flexibility index (Phi) is 20.2. The molecule has 0 aliphatic rings. The zero-order valence-corrected chi connectivity index (χ0v) is 18.6. The van der Waals surface area contributed by atoms with Gasteiger partial charge in [-0.05, 0) is 19.3 Å². The van der Waals surface area contributed by atoms with Crippen LogP contribution >= 0.6 is 0 Å². The van der Waals surface area contributed by atoms with Crippen LogP contribution in [0.25, 0.3) is 0 Å². The Bertz CT molecular complexity index is 371. The van der Waals surface area contributed by atoms with E-state index in [4.69, 9.17) is 0 Å². The molecule has 166 valence electrons. The van der Waals surface area contributed by atoms with Crippen LogP contribution in [-0.2, 0) is 4.79 Å². The van der Waals surface area contributed by atoms with Crippen LogP contribution in [0.1, 0.15) is 117 Å². The molecule has 0 aromatic heterocycles. The number of allylic oxidation sites excluding steroid dienone is 1. The smallest absolute Gasteiger partial charge is 0.220 e. The molecule has 4 heteroatoms. The number of aliphatic hydroxyl groups excluding tert-OH is 2. The van der Waals surface area contributed by atoms with E-state index in [2.05, 4.69) is 19.2 Å². The van der Waals surface area contributed by atoms with Crippen molar-refractivity contribution >= 4 is 5.91 Å². The summed E-state index contributed by atoms with van der Waals surface area (Å²) in [5, 5.41) is 22.3. The van der Waals surface area contributed by atoms with Crippen molar-refractivity contribution < 1.29 is 15.0 Å². The number of amides is 1. The van der Waals surface area contributed by atoms with Crippen LogP contribution in [0.3, 0.4) is 0 Å². The van der Waals surface area contributed by atoms with Crippen molar-refractivity contribution in [2.75, 3.05) is 6.61 Å². The number of carbonyl (C=O) groups is 1. The molecule has 0 bridgehead atoms. The van der Waals surface area contributed by atoms with Crippen LogP contribution in [0, 0.1) is 0 Å². The summed E-state index contributed by atoms with van der Waals surface area (Å²) in [5.41, 5.74) is 0. The van der Waals surface area contributed by atoms with E-state index < -0.39 is 12.1 Å². The number of hydrogen-bond donors (Lipinski definition) is 3. The van der Waals surface area contributed by atoms with Crippen molar-refractivity contribution in [3.8, 4) is 0 Å². The minimum absolute atomic E-state index is 0.0923. The quantitative estimate of drug-likeness (QED) is 0.183. The molecule has 28 heavy (non-hydrogen) atoms. The monoisotopic (exact) mass is 397 g/mol. The molecular weight excluding hydrogens is 350 g/mol. The fourth-order valence-corrected chi connectivity index (χ4v) is 3.35. The van der Waals surface area contributed by atoms with Crippen molar-refractivity contribution in [3.05, 3.63) is 12.2 Å². The molecule has 0 aromatic rings. The fraction of sp³-hybridized carbons (Fsp3) is 0.875. The van der Waals surface area contributed by atoms with E-state index in [0.29, 0.717) is 6.42 Å². The summed E-state index contributed by atoms with van der Waals surface area (Å²) in [4.78, 5) is 11.8. The molecular formula is C24H47NO3. The van der Waals surface area contributed by atoms with Gasteiger partial charge in [0.05, 0.1) is 18.8 Å². The maximum absolute atomic E-state index is 11.8. The van der Waals surface area contributed by atoms with Crippen molar-refractivity contribution in [2.45, 2.75) is 129 Å². The summed E-state index contributed by atoms with van der Waals surface area (Å²) in [7, 11) is 0. The Morgan fingerprint density at radius 3 is 1.86 bits per heavy atom. The van der Waals surface area contributed by atoms with Gasteiger partial charge in [0.25, 0.3) is 0 Å². The number of unbranched alkanes of at least 4 members (excludes halogenated alkanes) is 13. The molecule has 2 atom stereocenters. The average molecular weight is 398 g/mol. The molecule has 0 radical (unpaired) electrons. The predicted octanol–water partition coefficient (Wildman–Crippen LogP) is 5.66. The second-order valence-electron chi connectivity index (χ2n) is 8.06. The lowest BCUT2D eigenvalue weighted by molar-refractivity contribution is -0.123. The van der Waals surface area contributed by atoms with E-state index in [9.17, 15) is 15.0 Å². The third-order valence-electron chi connectivity index (χ3n) is 5.27. The molecule has 0 saturated heterocycles. The van der Waals surface area contributed by atoms with Crippen LogP contribution in [-0.4, -0.2) is 34.9 Å². The summed E-state index contributed by atoms with van der Waals surface area (Å²) in [6, 6.07) is -0.609. The van der Waals surface area contributed by atoms with Crippen LogP contribution in [0.2, 0.25) is 0 Å². The van der Waals surface area contributed by atoms with E-state index in [1.807, 2.05) is 6.08 Å². The molecule has 4 nitrogen and oxygen atoms in total. The van der Waals surface area contributed by atoms with E-state index in [0.717, 1.165) is 32.1 Å². The van der Waals surface area contributed by atoms with Gasteiger partial charge in [0.15, 0.2) is 0 Å². The highest BCUT2D eigenvalue weighted by atomic mass is 16.3. The van der Waals surface area contributed by atoms with Gasteiger partial charge in [0, 0.05) is 6.42 Å². The Labute approximate surface area is 174 Å². The summed E-state index contributed by atoms with van der Waals surface area (Å²) in [5.74, 6) is -0.0923. The van der Waals surface area contributed by atoms with E-state index in [1.54, 1.807) is 6.08 Å². The van der Waals surface area contributed by atoms with Crippen LogP contribution in [0.5, 0.6) is 0 Å². The van der Waals surface area contributed by atoms with Gasteiger partial charge in [0.2, 0.25) is 5.91 Å². The average Bonchev–Trinajstić information content (AvgIpc) is 2.69. The highest BCUT2D eigenvalue weighted by Gasteiger charge is 2.17. The lowest BCUT2D eigenvalue weighted by Gasteiger charge is -2.19. The second-order valence-corrected chi connectivity index (χ2v) is 8.06. The molecule has 0 rings (SSSR count). The van der Waals surface area contributed by atoms with E-state index >= 15 is 0 Å². The number of hydrogen-bond acceptors (Lipinski definition) is 3. The Hall–Kier alpha value is -0.870. The summed E-state index contributed by atoms with van der Waals surface area (Å²) < 4.78 is 0. The molecule has 0 unspecified atom stereocenters. The first-order valence-corrected chi connectivity index (χ1v) is 11.9. The van der Waals surface area contributed by atoms with Crippen LogP contribution in [0.4, 0.5) is 0 Å². The van der Waals surface area contributed by atoms with Gasteiger partial charge in [-0.3, -0.25) is 4.79 Å². The molecule has 1 amide bonds. The molecule has 3 N–H and O–H groups in total. The SMILES string of the molecule is CCCCCCCCCCCCCC=C[C@H](O)[C@@H](CO)NC(=O)CCCCC. The maximum atomic E-state index is 11.8. The first kappa shape index (κ1) is 27.1. The molecule has 0 heterocycles. The van der Waals surface area contributed by atoms with Gasteiger partial charge in [-0.2, -0.15) is 0 Å². The second kappa shape index (κ2) is 20.9. The normalized spacial score (nSPS) is 13.7. The highest BCUT2D eigenvalue weighted by molar-refractivity contribution is 5.76. The Morgan fingerprint density at radius 1 is 0.821 bits per heavy atom. The van der Waals surface area contributed by atoms with Gasteiger partial charge in [-0.15, -0.1) is 0 Å². The van der Waals surface area contributed by atoms with Gasteiger partial charge in [0.1, 0.15) is 0 Å². The van der Waals surface area contributed by atoms with Gasteiger partial charge >= 0.3 is 0 Å². The first-order chi connectivity index (χ1) is 13.7. The van der Waals surface area contributed by atoms with Gasteiger partial charge in [-0.1, -0.05) is 103 Å². The summed E-state index contributed by atoms with van der Waals surface area (Å²) in [6.07, 6.45) is 21.8. The number of nitrogens with one attached hydrogen (secondary N) is 1. The maximum Gasteiger partial charge on any atom is 0.220 e. The number of rotatable bonds is 20. The minimum Gasteiger partial charge on any atom is -0.394 e. The van der Waals surface area contributed by atoms with Crippen molar-refractivity contribution in [2.24, 2.45) is 0 Å². The minimum atomic E-state index is -0.826. The zero-order valence-electron chi connectivity index (χ0n) is 18.6. The molecule has 0 aliphatic heterocycles. The molecule has 0 aromatic carbocycles. The lowest BCUT2D eigenvalue weighted by atomic mass is 10.0. The first-order valence-electron chi connectivity index (χ1n) is 11.9. The number of aliphatic hydroxyl groups is 2. The summed E-state index contributed by atoms with van der Waals surface area (Å²) >= 11 is 0. The summed E-state index contributed by atoms with van der Waals surface area (Å²) in [6.45, 7) is 4.11. The van der Waals surface area contributed by atoms with Gasteiger partial charge < -0.3 is 15.5 Å². The fourth-order valence-electron chi connectivity index (χ4n) is 3.35. The standard InChI is InChI=1S/C24H47NO3/c1-3-5-7-8-9-10-11-12-13-14-15-16-18-19-23(27)22(21-26)25-24(28)20-17-6-4-2/h18-19,22-23,26-27H,3-17,20-21H2,1-2H3,(H,25,28)/t22-,23+/m1/s1. The van der Waals surface area contributed by atoms with Gasteiger partial charge in [-0.25, -0.2) is 0 Å². The van der Waals surface area contributed by atoms with E-state index in [1.165, 1.54) is 64.2 Å². The molecule has 0 saturated carbocycles. The highest BCUT2D eigenvalue weighted by Crippen LogP contribution is 2.12. The Balaban J connectivity index is 3.66. The third-order valence-corrected chi connectivity index (χ3v) is 5.27. The van der Waals surface area contributed by atoms with Crippen LogP contribution in [0.15, 0.2) is 12.2 Å². The Morgan fingerprint density at radius 2 is 1.32 bits per heavy atom. The van der Waals surface area contributed by atoms with Crippen molar-refractivity contribution in [1.29, 1.82) is 0 Å². The topological polar surface area (TPSA) is 69.6 Å². The van der Waals surface area contributed by atoms with Crippen molar-refractivity contribution in [3.63, 3.8) is 0 Å². The molecule has 0 spiro atoms. The molecule has 0 fully saturated rings. The number of carbonyl (C=O) groups excluding carboxylic acids is 1. The van der Waals surface area contributed by atoms with Crippen molar-refractivity contribution in [1.82, 2.24) is 5.32 Å². The van der Waals surface area contributed by atoms with E-state index in [-0.39, 0.29) is 12.5 Å². The van der Waals surface area contributed by atoms with Crippen LogP contribution < -0.4 is 5.32 Å². The predicted molar refractivity (Wildman–Crippen MR) is 119 cm³/mol. The molecule has 0 aliphatic carbocycles. The third kappa shape index (κ3) is 17.2. The zero-order chi connectivity index (χ0) is 20.9. The largest absolute Gasteiger partial charge is 0.394 e.